The van der Waals surface area contributed by atoms with Crippen molar-refractivity contribution in [1.29, 1.82) is 0 Å². The van der Waals surface area contributed by atoms with Crippen LogP contribution in [0.1, 0.15) is 25.3 Å². The van der Waals surface area contributed by atoms with Gasteiger partial charge in [-0.05, 0) is 44.0 Å². The fourth-order valence-electron chi connectivity index (χ4n) is 2.47. The molecule has 1 aliphatic rings. The van der Waals surface area contributed by atoms with Gasteiger partial charge in [0.1, 0.15) is 11.8 Å². The highest BCUT2D eigenvalue weighted by Gasteiger charge is 2.37. The molecule has 1 aliphatic heterocycles. The summed E-state index contributed by atoms with van der Waals surface area (Å²) in [5.74, 6) is -1.23. The van der Waals surface area contributed by atoms with Crippen molar-refractivity contribution in [1.82, 2.24) is 10.6 Å². The number of carboxylic acids is 1. The highest BCUT2D eigenvalue weighted by atomic mass is 16.4. The Morgan fingerprint density at radius 2 is 2.05 bits per heavy atom. The second kappa shape index (κ2) is 6.13. The molecule has 1 unspecified atom stereocenters. The third-order valence-corrected chi connectivity index (χ3v) is 3.85. The first-order chi connectivity index (χ1) is 9.90. The van der Waals surface area contributed by atoms with Gasteiger partial charge in [0.2, 0.25) is 5.91 Å². The van der Waals surface area contributed by atoms with E-state index in [-0.39, 0.29) is 18.1 Å². The largest absolute Gasteiger partial charge is 0.508 e. The minimum Gasteiger partial charge on any atom is -0.508 e. The van der Waals surface area contributed by atoms with Crippen LogP contribution < -0.4 is 10.6 Å². The summed E-state index contributed by atoms with van der Waals surface area (Å²) >= 11 is 0. The maximum atomic E-state index is 12.2. The molecule has 1 saturated heterocycles. The molecule has 1 aromatic rings. The van der Waals surface area contributed by atoms with E-state index in [1.54, 1.807) is 19.1 Å². The van der Waals surface area contributed by atoms with Crippen LogP contribution in [0.15, 0.2) is 24.3 Å². The van der Waals surface area contributed by atoms with Crippen LogP contribution in [0.4, 0.5) is 0 Å². The number of nitrogens with one attached hydrogen (secondary N) is 2. The standard InChI is InChI=1S/C15H20N2O4/c1-15(7-2-8-16-15)14(21)17-12(13(19)20)9-10-3-5-11(18)6-4-10/h3-6,12,16,18H,2,7-9H2,1H3,(H,17,21)(H,19,20)/t12-,15?/m1/s1. The van der Waals surface area contributed by atoms with Crippen LogP contribution in [0.25, 0.3) is 0 Å². The van der Waals surface area contributed by atoms with Crippen molar-refractivity contribution in [2.45, 2.75) is 37.8 Å². The van der Waals surface area contributed by atoms with Crippen molar-refractivity contribution in [2.24, 2.45) is 0 Å². The van der Waals surface area contributed by atoms with Crippen LogP contribution in [0.5, 0.6) is 5.75 Å². The summed E-state index contributed by atoms with van der Waals surface area (Å²) < 4.78 is 0. The number of carboxylic acid groups (broad SMARTS) is 1. The molecule has 21 heavy (non-hydrogen) atoms. The zero-order chi connectivity index (χ0) is 15.5. The van der Waals surface area contributed by atoms with Gasteiger partial charge in [-0.3, -0.25) is 4.79 Å². The average Bonchev–Trinajstić information content (AvgIpc) is 2.88. The molecule has 2 rings (SSSR count). The Balaban J connectivity index is 2.04. The lowest BCUT2D eigenvalue weighted by atomic mass is 9.98. The van der Waals surface area contributed by atoms with Crippen molar-refractivity contribution in [3.8, 4) is 5.75 Å². The van der Waals surface area contributed by atoms with Crippen molar-refractivity contribution < 1.29 is 19.8 Å². The monoisotopic (exact) mass is 292 g/mol. The molecule has 6 heteroatoms. The second-order valence-electron chi connectivity index (χ2n) is 5.60. The molecule has 4 N–H and O–H groups in total. The maximum absolute atomic E-state index is 12.2. The fraction of sp³-hybridized carbons (Fsp3) is 0.467. The zero-order valence-corrected chi connectivity index (χ0v) is 11.9. The smallest absolute Gasteiger partial charge is 0.326 e. The lowest BCUT2D eigenvalue weighted by molar-refractivity contribution is -0.142. The minimum absolute atomic E-state index is 0.123. The van der Waals surface area contributed by atoms with Crippen LogP contribution in [0.3, 0.4) is 0 Å². The number of rotatable bonds is 5. The Morgan fingerprint density at radius 3 is 2.57 bits per heavy atom. The predicted molar refractivity (Wildman–Crippen MR) is 77.0 cm³/mol. The Bertz CT molecular complexity index is 521. The van der Waals surface area contributed by atoms with E-state index in [2.05, 4.69) is 10.6 Å². The van der Waals surface area contributed by atoms with Gasteiger partial charge in [0.25, 0.3) is 0 Å². The number of aliphatic carboxylic acids is 1. The molecule has 0 saturated carbocycles. The SMILES string of the molecule is CC1(C(=O)N[C@H](Cc2ccc(O)cc2)C(=O)O)CCCN1. The minimum atomic E-state index is -1.07. The molecule has 1 heterocycles. The van der Waals surface area contributed by atoms with Gasteiger partial charge in [-0.25, -0.2) is 4.79 Å². The van der Waals surface area contributed by atoms with Crippen LogP contribution in [-0.2, 0) is 16.0 Å². The van der Waals surface area contributed by atoms with E-state index in [0.717, 1.165) is 18.5 Å². The molecule has 0 spiro atoms. The Morgan fingerprint density at radius 1 is 1.38 bits per heavy atom. The van der Waals surface area contributed by atoms with Crippen molar-refractivity contribution in [3.63, 3.8) is 0 Å². The third kappa shape index (κ3) is 3.72. The van der Waals surface area contributed by atoms with Gasteiger partial charge >= 0.3 is 5.97 Å². The quantitative estimate of drug-likeness (QED) is 0.638. The van der Waals surface area contributed by atoms with Crippen molar-refractivity contribution >= 4 is 11.9 Å². The number of carbonyl (C=O) groups excluding carboxylic acids is 1. The summed E-state index contributed by atoms with van der Waals surface area (Å²) in [6, 6.07) is 5.30. The van der Waals surface area contributed by atoms with E-state index >= 15 is 0 Å². The number of phenols is 1. The van der Waals surface area contributed by atoms with Gasteiger partial charge in [0, 0.05) is 6.42 Å². The van der Waals surface area contributed by atoms with Gasteiger partial charge < -0.3 is 20.8 Å². The first kappa shape index (κ1) is 15.3. The lowest BCUT2D eigenvalue weighted by Gasteiger charge is -2.25. The maximum Gasteiger partial charge on any atom is 0.326 e. The lowest BCUT2D eigenvalue weighted by Crippen LogP contribution is -2.55. The number of hydrogen-bond donors (Lipinski definition) is 4. The van der Waals surface area contributed by atoms with Crippen molar-refractivity contribution in [2.75, 3.05) is 6.54 Å². The van der Waals surface area contributed by atoms with E-state index in [0.29, 0.717) is 6.42 Å². The molecule has 6 nitrogen and oxygen atoms in total. The first-order valence-corrected chi connectivity index (χ1v) is 6.97. The van der Waals surface area contributed by atoms with Gasteiger partial charge in [0.15, 0.2) is 0 Å². The number of carbonyl (C=O) groups is 2. The summed E-state index contributed by atoms with van der Waals surface area (Å²) in [4.78, 5) is 23.6. The Hall–Kier alpha value is -2.08. The summed E-state index contributed by atoms with van der Waals surface area (Å²) in [5, 5.41) is 24.2. The zero-order valence-electron chi connectivity index (χ0n) is 11.9. The van der Waals surface area contributed by atoms with Crippen molar-refractivity contribution in [3.05, 3.63) is 29.8 Å². The number of amides is 1. The van der Waals surface area contributed by atoms with E-state index in [4.69, 9.17) is 0 Å². The highest BCUT2D eigenvalue weighted by Crippen LogP contribution is 2.19. The average molecular weight is 292 g/mol. The highest BCUT2D eigenvalue weighted by molar-refractivity contribution is 5.90. The van der Waals surface area contributed by atoms with Gasteiger partial charge in [-0.2, -0.15) is 0 Å². The van der Waals surface area contributed by atoms with Crippen LogP contribution in [0.2, 0.25) is 0 Å². The number of phenolic OH excluding ortho intramolecular Hbond substituents is 1. The third-order valence-electron chi connectivity index (χ3n) is 3.85. The van der Waals surface area contributed by atoms with Crippen LogP contribution in [-0.4, -0.2) is 40.2 Å². The van der Waals surface area contributed by atoms with E-state index in [9.17, 15) is 19.8 Å². The van der Waals surface area contributed by atoms with E-state index in [1.807, 2.05) is 0 Å². The molecule has 1 amide bonds. The Labute approximate surface area is 123 Å². The second-order valence-corrected chi connectivity index (χ2v) is 5.60. The first-order valence-electron chi connectivity index (χ1n) is 6.97. The number of hydrogen-bond acceptors (Lipinski definition) is 4. The Kier molecular flexibility index (Phi) is 4.47. The van der Waals surface area contributed by atoms with Gasteiger partial charge in [-0.1, -0.05) is 12.1 Å². The predicted octanol–water partition coefficient (Wildman–Crippen LogP) is 0.646. The summed E-state index contributed by atoms with van der Waals surface area (Å²) in [6.07, 6.45) is 1.78. The molecule has 1 fully saturated rings. The fourth-order valence-corrected chi connectivity index (χ4v) is 2.47. The topological polar surface area (TPSA) is 98.7 Å². The molecule has 0 radical (unpaired) electrons. The molecule has 114 valence electrons. The van der Waals surface area contributed by atoms with Crippen LogP contribution in [0, 0.1) is 0 Å². The molecular weight excluding hydrogens is 272 g/mol. The van der Waals surface area contributed by atoms with Gasteiger partial charge in [0.05, 0.1) is 5.54 Å². The van der Waals surface area contributed by atoms with E-state index in [1.165, 1.54) is 12.1 Å². The molecule has 0 aliphatic carbocycles. The summed E-state index contributed by atoms with van der Waals surface area (Å²) in [7, 11) is 0. The normalized spacial score (nSPS) is 22.7. The number of benzene rings is 1. The number of aromatic hydroxyl groups is 1. The molecule has 0 bridgehead atoms. The molecule has 1 aromatic carbocycles. The van der Waals surface area contributed by atoms with Crippen LogP contribution >= 0.6 is 0 Å². The molecule has 0 aromatic heterocycles. The van der Waals surface area contributed by atoms with E-state index < -0.39 is 17.6 Å². The summed E-state index contributed by atoms with van der Waals surface area (Å²) in [6.45, 7) is 2.55. The molecular formula is C15H20N2O4. The summed E-state index contributed by atoms with van der Waals surface area (Å²) in [5.41, 5.74) is 0.0490. The van der Waals surface area contributed by atoms with Gasteiger partial charge in [-0.15, -0.1) is 0 Å². The molecule has 2 atom stereocenters.